The van der Waals surface area contributed by atoms with Crippen molar-refractivity contribution in [2.24, 2.45) is 0 Å². The van der Waals surface area contributed by atoms with Crippen molar-refractivity contribution in [3.8, 4) is 11.3 Å². The van der Waals surface area contributed by atoms with Gasteiger partial charge >= 0.3 is 0 Å². The van der Waals surface area contributed by atoms with Gasteiger partial charge in [0.15, 0.2) is 4.96 Å². The Morgan fingerprint density at radius 3 is 2.62 bits per heavy atom. The highest BCUT2D eigenvalue weighted by Crippen LogP contribution is 2.36. The number of benzene rings is 2. The molecule has 0 radical (unpaired) electrons. The zero-order valence-corrected chi connectivity index (χ0v) is 15.4. The van der Waals surface area contributed by atoms with Crippen molar-refractivity contribution >= 4 is 55.6 Å². The van der Waals surface area contributed by atoms with Crippen LogP contribution in [0.3, 0.4) is 0 Å². The number of imidazole rings is 1. The summed E-state index contributed by atoms with van der Waals surface area (Å²) in [4.78, 5) is 29.5. The van der Waals surface area contributed by atoms with Crippen molar-refractivity contribution in [3.63, 3.8) is 0 Å². The van der Waals surface area contributed by atoms with Gasteiger partial charge in [0.2, 0.25) is 5.78 Å². The van der Waals surface area contributed by atoms with Crippen LogP contribution in [-0.2, 0) is 9.59 Å². The van der Waals surface area contributed by atoms with E-state index in [-0.39, 0.29) is 6.42 Å². The SMILES string of the molecule is CCC(=O)C(=O)Nc1c(-c2ccc(Cl)cc2)nc2sc3ccccc3n12. The Balaban J connectivity index is 1.95. The largest absolute Gasteiger partial charge is 0.303 e. The number of rotatable bonds is 4. The zero-order chi connectivity index (χ0) is 18.3. The molecule has 4 aromatic rings. The molecule has 0 aliphatic rings. The monoisotopic (exact) mass is 383 g/mol. The summed E-state index contributed by atoms with van der Waals surface area (Å²) in [5.41, 5.74) is 2.35. The fourth-order valence-corrected chi connectivity index (χ4v) is 3.93. The molecule has 0 fully saturated rings. The molecule has 0 aliphatic heterocycles. The van der Waals surface area contributed by atoms with Gasteiger partial charge in [-0.1, -0.05) is 54.1 Å². The second-order valence-electron chi connectivity index (χ2n) is 5.73. The molecule has 2 aromatic heterocycles. The minimum Gasteiger partial charge on any atom is -0.303 e. The summed E-state index contributed by atoms with van der Waals surface area (Å²) in [6.45, 7) is 1.66. The molecule has 0 atom stereocenters. The molecule has 0 unspecified atom stereocenters. The predicted octanol–water partition coefficient (Wildman–Crippen LogP) is 4.79. The molecule has 0 spiro atoms. The fourth-order valence-electron chi connectivity index (χ4n) is 2.78. The maximum atomic E-state index is 12.3. The van der Waals surface area contributed by atoms with E-state index in [1.165, 1.54) is 11.3 Å². The molecule has 4 rings (SSSR count). The van der Waals surface area contributed by atoms with Crippen LogP contribution in [0.2, 0.25) is 5.02 Å². The average Bonchev–Trinajstić information content (AvgIpc) is 3.18. The Labute approximate surface area is 158 Å². The molecule has 26 heavy (non-hydrogen) atoms. The number of nitrogens with one attached hydrogen (secondary N) is 1. The predicted molar refractivity (Wildman–Crippen MR) is 105 cm³/mol. The van der Waals surface area contributed by atoms with Gasteiger partial charge in [-0.25, -0.2) is 4.98 Å². The second kappa shape index (κ2) is 6.55. The second-order valence-corrected chi connectivity index (χ2v) is 7.18. The number of hydrogen-bond donors (Lipinski definition) is 1. The molecule has 1 amide bonds. The Morgan fingerprint density at radius 1 is 1.15 bits per heavy atom. The molecule has 1 N–H and O–H groups in total. The molecule has 0 aliphatic carbocycles. The summed E-state index contributed by atoms with van der Waals surface area (Å²) in [5.74, 6) is -0.618. The number of carbonyl (C=O) groups excluding carboxylic acids is 2. The van der Waals surface area contributed by atoms with E-state index >= 15 is 0 Å². The number of Topliss-reactive ketones (excluding diaryl/α,β-unsaturated/α-hetero) is 1. The number of fused-ring (bicyclic) bond motifs is 3. The van der Waals surface area contributed by atoms with Crippen LogP contribution in [0.25, 0.3) is 26.4 Å². The topological polar surface area (TPSA) is 63.5 Å². The van der Waals surface area contributed by atoms with Crippen LogP contribution >= 0.6 is 22.9 Å². The number of hydrogen-bond acceptors (Lipinski definition) is 4. The Bertz CT molecular complexity index is 1140. The first-order valence-electron chi connectivity index (χ1n) is 8.08. The van der Waals surface area contributed by atoms with E-state index in [9.17, 15) is 9.59 Å². The molecule has 0 saturated heterocycles. The summed E-state index contributed by atoms with van der Waals surface area (Å²) in [5, 5.41) is 3.38. The minimum absolute atomic E-state index is 0.147. The number of para-hydroxylation sites is 1. The number of anilines is 1. The molecular weight excluding hydrogens is 370 g/mol. The van der Waals surface area contributed by atoms with E-state index in [1.807, 2.05) is 40.8 Å². The minimum atomic E-state index is -0.639. The van der Waals surface area contributed by atoms with E-state index in [0.29, 0.717) is 16.5 Å². The smallest absolute Gasteiger partial charge is 0.292 e. The highest BCUT2D eigenvalue weighted by atomic mass is 35.5. The summed E-state index contributed by atoms with van der Waals surface area (Å²) in [7, 11) is 0. The molecule has 2 aromatic carbocycles. The standard InChI is InChI=1S/C19H14ClN3O2S/c1-2-14(24)18(25)22-17-16(11-7-9-12(20)10-8-11)21-19-23(17)13-5-3-4-6-15(13)26-19/h3-10H,2H2,1H3,(H,22,25). The number of amides is 1. The first-order valence-corrected chi connectivity index (χ1v) is 9.28. The van der Waals surface area contributed by atoms with Gasteiger partial charge in [-0.2, -0.15) is 0 Å². The Kier molecular flexibility index (Phi) is 4.22. The van der Waals surface area contributed by atoms with E-state index < -0.39 is 11.7 Å². The maximum Gasteiger partial charge on any atom is 0.292 e. The molecule has 7 heteroatoms. The normalized spacial score (nSPS) is 11.2. The van der Waals surface area contributed by atoms with Crippen molar-refractivity contribution in [2.45, 2.75) is 13.3 Å². The van der Waals surface area contributed by atoms with Crippen LogP contribution in [0.4, 0.5) is 5.82 Å². The van der Waals surface area contributed by atoms with Crippen molar-refractivity contribution < 1.29 is 9.59 Å². The quantitative estimate of drug-likeness (QED) is 0.515. The third-order valence-electron chi connectivity index (χ3n) is 4.08. The summed E-state index contributed by atoms with van der Waals surface area (Å²) >= 11 is 7.51. The molecular formula is C19H14ClN3O2S. The highest BCUT2D eigenvalue weighted by Gasteiger charge is 2.22. The molecule has 0 saturated carbocycles. The van der Waals surface area contributed by atoms with E-state index in [4.69, 9.17) is 16.6 Å². The van der Waals surface area contributed by atoms with E-state index in [2.05, 4.69) is 5.32 Å². The summed E-state index contributed by atoms with van der Waals surface area (Å²) in [6, 6.07) is 15.1. The van der Waals surface area contributed by atoms with Crippen molar-refractivity contribution in [1.29, 1.82) is 0 Å². The molecule has 0 bridgehead atoms. The van der Waals surface area contributed by atoms with Gasteiger partial charge in [-0.15, -0.1) is 0 Å². The van der Waals surface area contributed by atoms with Gasteiger partial charge in [0, 0.05) is 17.0 Å². The van der Waals surface area contributed by atoms with Crippen LogP contribution in [-0.4, -0.2) is 21.1 Å². The highest BCUT2D eigenvalue weighted by molar-refractivity contribution is 7.23. The maximum absolute atomic E-state index is 12.3. The van der Waals surface area contributed by atoms with Gasteiger partial charge < -0.3 is 5.32 Å². The number of carbonyl (C=O) groups is 2. The van der Waals surface area contributed by atoms with Crippen LogP contribution in [0.5, 0.6) is 0 Å². The van der Waals surface area contributed by atoms with Crippen LogP contribution in [0, 0.1) is 0 Å². The number of thiazole rings is 1. The number of aromatic nitrogens is 2. The average molecular weight is 384 g/mol. The molecule has 5 nitrogen and oxygen atoms in total. The van der Waals surface area contributed by atoms with Crippen molar-refractivity contribution in [2.75, 3.05) is 5.32 Å². The van der Waals surface area contributed by atoms with E-state index in [0.717, 1.165) is 20.7 Å². The number of ketones is 1. The molecule has 2 heterocycles. The Hall–Kier alpha value is -2.70. The number of nitrogens with zero attached hydrogens (tertiary/aromatic N) is 2. The van der Waals surface area contributed by atoms with Crippen molar-refractivity contribution in [1.82, 2.24) is 9.38 Å². The lowest BCUT2D eigenvalue weighted by atomic mass is 10.1. The van der Waals surface area contributed by atoms with E-state index in [1.54, 1.807) is 19.1 Å². The lowest BCUT2D eigenvalue weighted by Gasteiger charge is -2.07. The first-order chi connectivity index (χ1) is 12.6. The van der Waals surface area contributed by atoms with Crippen LogP contribution < -0.4 is 5.32 Å². The lowest BCUT2D eigenvalue weighted by Crippen LogP contribution is -2.22. The first kappa shape index (κ1) is 16.8. The van der Waals surface area contributed by atoms with Crippen LogP contribution in [0.15, 0.2) is 48.5 Å². The van der Waals surface area contributed by atoms with Gasteiger partial charge in [0.1, 0.15) is 11.5 Å². The van der Waals surface area contributed by atoms with Crippen LogP contribution in [0.1, 0.15) is 13.3 Å². The molecule has 130 valence electrons. The van der Waals surface area contributed by atoms with Gasteiger partial charge in [0.25, 0.3) is 5.91 Å². The lowest BCUT2D eigenvalue weighted by molar-refractivity contribution is -0.134. The summed E-state index contributed by atoms with van der Waals surface area (Å²) in [6.07, 6.45) is 0.147. The third kappa shape index (κ3) is 2.77. The van der Waals surface area contributed by atoms with Crippen molar-refractivity contribution in [3.05, 3.63) is 53.6 Å². The van der Waals surface area contributed by atoms with Gasteiger partial charge in [-0.3, -0.25) is 14.0 Å². The third-order valence-corrected chi connectivity index (χ3v) is 5.35. The Morgan fingerprint density at radius 2 is 1.88 bits per heavy atom. The summed E-state index contributed by atoms with van der Waals surface area (Å²) < 4.78 is 2.93. The fraction of sp³-hybridized carbons (Fsp3) is 0.105. The number of halogens is 1. The van der Waals surface area contributed by atoms with Gasteiger partial charge in [0.05, 0.1) is 10.2 Å². The van der Waals surface area contributed by atoms with Gasteiger partial charge in [-0.05, 0) is 24.3 Å². The zero-order valence-electron chi connectivity index (χ0n) is 13.8.